The first-order valence-electron chi connectivity index (χ1n) is 9.76. The van der Waals surface area contributed by atoms with Gasteiger partial charge in [0.05, 0.1) is 24.5 Å². The van der Waals surface area contributed by atoms with Gasteiger partial charge in [0.25, 0.3) is 5.56 Å². The largest absolute Gasteiger partial charge is 0.497 e. The number of methoxy groups -OCH3 is 1. The molecule has 0 unspecified atom stereocenters. The maximum Gasteiger partial charge on any atom is 0.288 e. The van der Waals surface area contributed by atoms with Crippen molar-refractivity contribution in [3.63, 3.8) is 0 Å². The van der Waals surface area contributed by atoms with E-state index in [-0.39, 0.29) is 16.1 Å². The molecular weight excluding hydrogens is 362 g/mol. The van der Waals surface area contributed by atoms with Crippen molar-refractivity contribution in [2.75, 3.05) is 12.4 Å². The molecule has 1 aromatic heterocycles. The van der Waals surface area contributed by atoms with Crippen molar-refractivity contribution >= 4 is 23.0 Å². The Morgan fingerprint density at radius 1 is 1.11 bits per heavy atom. The van der Waals surface area contributed by atoms with Crippen molar-refractivity contribution < 1.29 is 4.74 Å². The maximum absolute atomic E-state index is 13.1. The third kappa shape index (κ3) is 2.83. The molecule has 5 nitrogen and oxygen atoms in total. The van der Waals surface area contributed by atoms with Gasteiger partial charge in [-0.05, 0) is 80.5 Å². The fourth-order valence-electron chi connectivity index (χ4n) is 6.01. The van der Waals surface area contributed by atoms with Crippen molar-refractivity contribution in [2.45, 2.75) is 44.1 Å². The van der Waals surface area contributed by atoms with E-state index >= 15 is 0 Å². The number of halogens is 1. The van der Waals surface area contributed by atoms with Gasteiger partial charge in [-0.25, -0.2) is 4.68 Å². The lowest BCUT2D eigenvalue weighted by atomic mass is 9.53. The summed E-state index contributed by atoms with van der Waals surface area (Å²) in [5.41, 5.74) is 1.10. The van der Waals surface area contributed by atoms with Gasteiger partial charge in [-0.2, -0.15) is 5.10 Å². The second kappa shape index (κ2) is 6.26. The highest BCUT2D eigenvalue weighted by molar-refractivity contribution is 6.33. The van der Waals surface area contributed by atoms with Crippen LogP contribution in [0.15, 0.2) is 35.3 Å². The van der Waals surface area contributed by atoms with Crippen LogP contribution in [0.4, 0.5) is 11.4 Å². The summed E-state index contributed by atoms with van der Waals surface area (Å²) in [7, 11) is 1.63. The third-order valence-corrected chi connectivity index (χ3v) is 7.11. The van der Waals surface area contributed by atoms with Crippen molar-refractivity contribution in [3.05, 3.63) is 45.8 Å². The highest BCUT2D eigenvalue weighted by Gasteiger charge is 2.53. The van der Waals surface area contributed by atoms with E-state index in [9.17, 15) is 4.79 Å². The maximum atomic E-state index is 13.1. The molecule has 4 bridgehead atoms. The number of aromatic nitrogens is 2. The van der Waals surface area contributed by atoms with Gasteiger partial charge in [0.2, 0.25) is 0 Å². The molecule has 0 aliphatic heterocycles. The van der Waals surface area contributed by atoms with Gasteiger partial charge in [-0.3, -0.25) is 4.79 Å². The number of nitrogens with zero attached hydrogens (tertiary/aromatic N) is 2. The van der Waals surface area contributed by atoms with Crippen LogP contribution in [-0.4, -0.2) is 16.9 Å². The Bertz CT molecular complexity index is 887. The highest BCUT2D eigenvalue weighted by Crippen LogP contribution is 2.58. The summed E-state index contributed by atoms with van der Waals surface area (Å²) in [5.74, 6) is 3.03. The van der Waals surface area contributed by atoms with Crippen LogP contribution in [0.5, 0.6) is 5.75 Å². The van der Waals surface area contributed by atoms with Crippen molar-refractivity contribution in [1.29, 1.82) is 0 Å². The minimum absolute atomic E-state index is 0.117. The molecule has 1 N–H and O–H groups in total. The number of hydrogen-bond donors (Lipinski definition) is 1. The smallest absolute Gasteiger partial charge is 0.288 e. The summed E-state index contributed by atoms with van der Waals surface area (Å²) in [4.78, 5) is 13.1. The molecule has 0 amide bonds. The first-order valence-corrected chi connectivity index (χ1v) is 10.1. The van der Waals surface area contributed by atoms with Gasteiger partial charge in [0, 0.05) is 5.69 Å². The average molecular weight is 386 g/mol. The molecule has 2 aromatic rings. The SMILES string of the molecule is COc1ccc(Nc2cnn(C34CC5CC(CC(C5)C3)C4)c(=O)c2Cl)cc1. The van der Waals surface area contributed by atoms with Crippen LogP contribution < -0.4 is 15.6 Å². The van der Waals surface area contributed by atoms with Crippen molar-refractivity contribution in [3.8, 4) is 5.75 Å². The summed E-state index contributed by atoms with van der Waals surface area (Å²) in [6.45, 7) is 0. The van der Waals surface area contributed by atoms with Gasteiger partial charge in [0.1, 0.15) is 10.8 Å². The summed E-state index contributed by atoms with van der Waals surface area (Å²) in [5, 5.41) is 8.01. The van der Waals surface area contributed by atoms with E-state index in [1.54, 1.807) is 18.0 Å². The van der Waals surface area contributed by atoms with E-state index < -0.39 is 0 Å². The van der Waals surface area contributed by atoms with E-state index in [4.69, 9.17) is 16.3 Å². The van der Waals surface area contributed by atoms with Crippen molar-refractivity contribution in [2.24, 2.45) is 17.8 Å². The number of benzene rings is 1. The predicted octanol–water partition coefficient (Wildman–Crippen LogP) is 4.57. The average Bonchev–Trinajstić information content (AvgIpc) is 2.65. The molecule has 4 saturated carbocycles. The van der Waals surface area contributed by atoms with Crippen LogP contribution in [0.1, 0.15) is 38.5 Å². The lowest BCUT2D eigenvalue weighted by Crippen LogP contribution is -2.55. The molecule has 4 fully saturated rings. The van der Waals surface area contributed by atoms with Crippen molar-refractivity contribution in [1.82, 2.24) is 9.78 Å². The Morgan fingerprint density at radius 3 is 2.26 bits per heavy atom. The number of ether oxygens (including phenoxy) is 1. The molecule has 0 atom stereocenters. The van der Waals surface area contributed by atoms with Crippen LogP contribution in [0.2, 0.25) is 5.02 Å². The van der Waals surface area contributed by atoms with Gasteiger partial charge >= 0.3 is 0 Å². The van der Waals surface area contributed by atoms with E-state index in [1.807, 2.05) is 24.3 Å². The number of rotatable bonds is 4. The lowest BCUT2D eigenvalue weighted by molar-refractivity contribution is -0.0518. The first-order chi connectivity index (χ1) is 13.1. The zero-order valence-electron chi connectivity index (χ0n) is 15.5. The molecule has 1 aromatic carbocycles. The molecule has 4 aliphatic rings. The van der Waals surface area contributed by atoms with Gasteiger partial charge in [0.15, 0.2) is 0 Å². The number of anilines is 2. The quantitative estimate of drug-likeness (QED) is 0.837. The molecule has 6 rings (SSSR count). The van der Waals surface area contributed by atoms with Gasteiger partial charge in [-0.1, -0.05) is 11.6 Å². The zero-order valence-corrected chi connectivity index (χ0v) is 16.2. The van der Waals surface area contributed by atoms with E-state index in [0.717, 1.165) is 48.5 Å². The van der Waals surface area contributed by atoms with Crippen LogP contribution in [0.25, 0.3) is 0 Å². The van der Waals surface area contributed by atoms with Crippen LogP contribution in [0.3, 0.4) is 0 Å². The fraction of sp³-hybridized carbons (Fsp3) is 0.524. The Balaban J connectivity index is 1.46. The second-order valence-corrected chi connectivity index (χ2v) is 8.96. The first kappa shape index (κ1) is 17.1. The van der Waals surface area contributed by atoms with E-state index in [2.05, 4.69) is 10.4 Å². The molecular formula is C21H24ClN3O2. The standard InChI is InChI=1S/C21H24ClN3O2/c1-27-17-4-2-16(3-5-17)24-18-12-23-25(20(26)19(18)22)21-9-13-6-14(10-21)8-15(7-13)11-21/h2-5,12-15,24H,6-11H2,1H3. The minimum Gasteiger partial charge on any atom is -0.497 e. The Morgan fingerprint density at radius 2 is 1.70 bits per heavy atom. The Kier molecular flexibility index (Phi) is 3.97. The molecule has 6 heteroatoms. The minimum atomic E-state index is -0.169. The Labute approximate surface area is 163 Å². The number of nitrogens with one attached hydrogen (secondary N) is 1. The molecule has 4 aliphatic carbocycles. The van der Waals surface area contributed by atoms with Crippen LogP contribution >= 0.6 is 11.6 Å². The second-order valence-electron chi connectivity index (χ2n) is 8.58. The number of hydrogen-bond acceptors (Lipinski definition) is 4. The molecule has 1 heterocycles. The van der Waals surface area contributed by atoms with E-state index in [1.165, 1.54) is 19.3 Å². The molecule has 27 heavy (non-hydrogen) atoms. The monoisotopic (exact) mass is 385 g/mol. The summed E-state index contributed by atoms with van der Waals surface area (Å²) in [6.07, 6.45) is 8.93. The van der Waals surface area contributed by atoms with E-state index in [0.29, 0.717) is 5.69 Å². The van der Waals surface area contributed by atoms with Gasteiger partial charge < -0.3 is 10.1 Å². The summed E-state index contributed by atoms with van der Waals surface area (Å²) >= 11 is 6.49. The van der Waals surface area contributed by atoms with Gasteiger partial charge in [-0.15, -0.1) is 0 Å². The lowest BCUT2D eigenvalue weighted by Gasteiger charge is -2.56. The van der Waals surface area contributed by atoms with Crippen LogP contribution in [0, 0.1) is 17.8 Å². The molecule has 0 spiro atoms. The Hall–Kier alpha value is -2.01. The molecule has 142 valence electrons. The summed E-state index contributed by atoms with van der Waals surface area (Å²) < 4.78 is 6.90. The topological polar surface area (TPSA) is 56.1 Å². The molecule has 0 radical (unpaired) electrons. The zero-order chi connectivity index (χ0) is 18.6. The highest BCUT2D eigenvalue weighted by atomic mass is 35.5. The fourth-order valence-corrected chi connectivity index (χ4v) is 6.19. The normalized spacial score (nSPS) is 31.1. The van der Waals surface area contributed by atoms with Crippen LogP contribution in [-0.2, 0) is 5.54 Å². The predicted molar refractivity (Wildman–Crippen MR) is 106 cm³/mol. The third-order valence-electron chi connectivity index (χ3n) is 6.74. The molecule has 0 saturated heterocycles. The summed E-state index contributed by atoms with van der Waals surface area (Å²) in [6, 6.07) is 7.50.